The molecule has 0 aliphatic rings. The Hall–Kier alpha value is -2.37. The normalized spacial score (nSPS) is 11.7. The second kappa shape index (κ2) is 16.7. The number of nitrogens with one attached hydrogen (secondary N) is 1. The predicted molar refractivity (Wildman–Crippen MR) is 158 cm³/mol. The minimum atomic E-state index is 0.559. The maximum Gasteiger partial charge on any atom is 0.0811 e. The molecule has 2 aromatic carbocycles. The minimum Gasteiger partial charge on any atom is -0.379 e. The fourth-order valence-corrected chi connectivity index (χ4v) is 5.07. The summed E-state index contributed by atoms with van der Waals surface area (Å²) in [4.78, 5) is 4.48. The zero-order chi connectivity index (χ0) is 27.1. The van der Waals surface area contributed by atoms with Crippen molar-refractivity contribution in [1.82, 2.24) is 14.9 Å². The van der Waals surface area contributed by atoms with Crippen LogP contribution in [-0.2, 0) is 36.8 Å². The third-order valence-corrected chi connectivity index (χ3v) is 7.01. The highest BCUT2D eigenvalue weighted by Crippen LogP contribution is 2.33. The van der Waals surface area contributed by atoms with E-state index < -0.39 is 0 Å². The summed E-state index contributed by atoms with van der Waals surface area (Å²) in [5.74, 6) is 0. The first-order valence-corrected chi connectivity index (χ1v) is 14.8. The smallest absolute Gasteiger partial charge is 0.0811 e. The Morgan fingerprint density at radius 3 is 2.08 bits per heavy atom. The van der Waals surface area contributed by atoms with Gasteiger partial charge in [-0.15, -0.1) is 11.3 Å². The average Bonchev–Trinajstić information content (AvgIpc) is 3.61. The molecule has 4 aromatic rings. The monoisotopic (exact) mass is 555 g/mol. The molecule has 0 radical (unpaired) electrons. The van der Waals surface area contributed by atoms with Crippen molar-refractivity contribution in [3.63, 3.8) is 0 Å². The molecule has 2 aromatic heterocycles. The lowest BCUT2D eigenvalue weighted by Crippen LogP contribution is -2.20. The Morgan fingerprint density at radius 2 is 1.44 bits per heavy atom. The third-order valence-electron chi connectivity index (χ3n) is 6.42. The van der Waals surface area contributed by atoms with Crippen molar-refractivity contribution in [2.75, 3.05) is 72.6 Å². The van der Waals surface area contributed by atoms with Crippen LogP contribution in [0.3, 0.4) is 0 Å². The Kier molecular flexibility index (Phi) is 12.7. The number of benzene rings is 2. The lowest BCUT2D eigenvalue weighted by molar-refractivity contribution is -0.00996. The fourth-order valence-electron chi connectivity index (χ4n) is 4.51. The molecule has 0 aliphatic carbocycles. The summed E-state index contributed by atoms with van der Waals surface area (Å²) in [7, 11) is 0. The van der Waals surface area contributed by atoms with E-state index in [1.165, 1.54) is 27.4 Å². The summed E-state index contributed by atoms with van der Waals surface area (Å²) in [5.41, 5.74) is 7.88. The molecule has 39 heavy (non-hydrogen) atoms. The van der Waals surface area contributed by atoms with Crippen molar-refractivity contribution < 1.29 is 23.7 Å². The van der Waals surface area contributed by atoms with Gasteiger partial charge < -0.3 is 33.6 Å². The van der Waals surface area contributed by atoms with Crippen LogP contribution in [0.5, 0.6) is 0 Å². The summed E-state index contributed by atoms with van der Waals surface area (Å²) in [6.45, 7) is 12.7. The van der Waals surface area contributed by atoms with Crippen molar-refractivity contribution >= 4 is 33.1 Å². The zero-order valence-corrected chi connectivity index (χ0v) is 24.0. The molecular weight excluding hydrogens is 514 g/mol. The van der Waals surface area contributed by atoms with Crippen molar-refractivity contribution in [2.24, 2.45) is 0 Å². The number of hydrogen-bond donors (Lipinski definition) is 1. The average molecular weight is 556 g/mol. The van der Waals surface area contributed by atoms with E-state index in [4.69, 9.17) is 23.7 Å². The second-order valence-electron chi connectivity index (χ2n) is 9.02. The number of ether oxygens (including phenoxy) is 5. The maximum atomic E-state index is 5.68. The van der Waals surface area contributed by atoms with Crippen molar-refractivity contribution in [3.05, 3.63) is 52.9 Å². The molecule has 0 saturated heterocycles. The number of nitrogens with zero attached hydrogens (tertiary/aromatic N) is 2. The first-order valence-electron chi connectivity index (χ1n) is 13.8. The van der Waals surface area contributed by atoms with E-state index in [-0.39, 0.29) is 0 Å². The van der Waals surface area contributed by atoms with Crippen molar-refractivity contribution in [2.45, 2.75) is 26.9 Å². The van der Waals surface area contributed by atoms with Crippen LogP contribution in [-0.4, -0.2) is 82.2 Å². The summed E-state index contributed by atoms with van der Waals surface area (Å²) >= 11 is 1.63. The Bertz CT molecular complexity index is 1240. The van der Waals surface area contributed by atoms with E-state index in [2.05, 4.69) is 63.6 Å². The number of hydrogen-bond acceptors (Lipinski definition) is 8. The summed E-state index contributed by atoms with van der Waals surface area (Å²) < 4.78 is 29.7. The number of rotatable bonds is 20. The molecule has 0 saturated carbocycles. The van der Waals surface area contributed by atoms with Gasteiger partial charge in [0.05, 0.1) is 70.7 Å². The molecule has 0 fully saturated rings. The van der Waals surface area contributed by atoms with Crippen LogP contribution in [0.4, 0.5) is 0 Å². The molecule has 8 nitrogen and oxygen atoms in total. The lowest BCUT2D eigenvalue weighted by Gasteiger charge is -2.08. The van der Waals surface area contributed by atoms with Gasteiger partial charge in [0.25, 0.3) is 0 Å². The third kappa shape index (κ3) is 8.81. The van der Waals surface area contributed by atoms with E-state index >= 15 is 0 Å². The Morgan fingerprint density at radius 1 is 0.744 bits per heavy atom. The van der Waals surface area contributed by atoms with Crippen LogP contribution in [0, 0.1) is 0 Å². The Balaban J connectivity index is 1.11. The number of aryl methyl sites for hydroxylation is 1. The number of fused-ring (bicyclic) bond motifs is 3. The topological polar surface area (TPSA) is 76.0 Å². The van der Waals surface area contributed by atoms with Crippen LogP contribution in [0.25, 0.3) is 33.1 Å². The van der Waals surface area contributed by atoms with Gasteiger partial charge in [0.1, 0.15) is 0 Å². The summed E-state index contributed by atoms with van der Waals surface area (Å²) in [6.07, 6.45) is 0. The van der Waals surface area contributed by atoms with Gasteiger partial charge in [-0.1, -0.05) is 18.2 Å². The fraction of sp³-hybridized carbons (Fsp3) is 0.500. The van der Waals surface area contributed by atoms with Gasteiger partial charge in [-0.25, -0.2) is 4.98 Å². The second-order valence-corrected chi connectivity index (χ2v) is 9.74. The summed E-state index contributed by atoms with van der Waals surface area (Å²) in [6, 6.07) is 13.4. The highest BCUT2D eigenvalue weighted by molar-refractivity contribution is 7.07. The van der Waals surface area contributed by atoms with E-state index in [1.54, 1.807) is 11.3 Å². The molecule has 2 heterocycles. The molecule has 0 spiro atoms. The Labute approximate surface area is 235 Å². The molecule has 0 amide bonds. The van der Waals surface area contributed by atoms with E-state index in [1.807, 2.05) is 12.4 Å². The van der Waals surface area contributed by atoms with E-state index in [9.17, 15) is 0 Å². The molecule has 0 atom stereocenters. The largest absolute Gasteiger partial charge is 0.379 e. The first-order chi connectivity index (χ1) is 19.3. The van der Waals surface area contributed by atoms with Gasteiger partial charge in [-0.3, -0.25) is 0 Å². The van der Waals surface area contributed by atoms with Gasteiger partial charge in [-0.05, 0) is 37.6 Å². The molecule has 1 N–H and O–H groups in total. The molecule has 0 unspecified atom stereocenters. The standard InChI is InChI=1S/C30H41N3O5S/c1-3-33-29-8-5-24(19-27(29)26-7-6-25(20-30(26)33)28-22-39-23-32-28)21-31-9-10-35-13-14-37-17-18-38-16-15-36-12-11-34-4-2/h5-8,19-20,22-23,31H,3-4,9-18,21H2,1-2H3. The van der Waals surface area contributed by atoms with Crippen LogP contribution in [0.1, 0.15) is 19.4 Å². The highest BCUT2D eigenvalue weighted by atomic mass is 32.1. The zero-order valence-electron chi connectivity index (χ0n) is 23.2. The van der Waals surface area contributed by atoms with Gasteiger partial charge in [-0.2, -0.15) is 0 Å². The van der Waals surface area contributed by atoms with Crippen LogP contribution in [0.2, 0.25) is 0 Å². The molecule has 0 aliphatic heterocycles. The van der Waals surface area contributed by atoms with Crippen LogP contribution >= 0.6 is 11.3 Å². The summed E-state index contributed by atoms with van der Waals surface area (Å²) in [5, 5.41) is 8.17. The number of thiazole rings is 1. The van der Waals surface area contributed by atoms with Gasteiger partial charge >= 0.3 is 0 Å². The predicted octanol–water partition coefficient (Wildman–Crippen LogP) is 5.13. The van der Waals surface area contributed by atoms with E-state index in [0.717, 1.165) is 37.5 Å². The van der Waals surface area contributed by atoms with Gasteiger partial charge in [0, 0.05) is 59.0 Å². The molecule has 4 rings (SSSR count). The molecular formula is C30H41N3O5S. The van der Waals surface area contributed by atoms with Gasteiger partial charge in [0.2, 0.25) is 0 Å². The van der Waals surface area contributed by atoms with Crippen LogP contribution in [0.15, 0.2) is 47.3 Å². The van der Waals surface area contributed by atoms with Crippen molar-refractivity contribution in [3.8, 4) is 11.3 Å². The van der Waals surface area contributed by atoms with Gasteiger partial charge in [0.15, 0.2) is 0 Å². The molecule has 212 valence electrons. The van der Waals surface area contributed by atoms with Crippen LogP contribution < -0.4 is 5.32 Å². The van der Waals surface area contributed by atoms with Crippen molar-refractivity contribution in [1.29, 1.82) is 0 Å². The maximum absolute atomic E-state index is 5.68. The quantitative estimate of drug-likeness (QED) is 0.152. The first kappa shape index (κ1) is 29.6. The highest BCUT2D eigenvalue weighted by Gasteiger charge is 2.12. The SMILES string of the molecule is CCOCCOCCOCCOCCOCCNCc1ccc2c(c1)c1ccc(-c3cscn3)cc1n2CC. The minimum absolute atomic E-state index is 0.559. The molecule has 9 heteroatoms. The lowest BCUT2D eigenvalue weighted by atomic mass is 10.1. The number of aromatic nitrogens is 2. The molecule has 0 bridgehead atoms. The van der Waals surface area contributed by atoms with E-state index in [0.29, 0.717) is 59.5 Å².